The van der Waals surface area contributed by atoms with Gasteiger partial charge in [-0.1, -0.05) is 96.6 Å². The number of benzene rings is 5. The fraction of sp³-hybridized carbons (Fsp3) is 0.184. The molecule has 286 valence electrons. The number of para-hydroxylation sites is 1. The number of nitrogens with zero attached hydrogens (tertiary/aromatic N) is 2. The van der Waals surface area contributed by atoms with Crippen molar-refractivity contribution in [3.8, 4) is 5.75 Å². The van der Waals surface area contributed by atoms with Gasteiger partial charge in [0.25, 0.3) is 0 Å². The SMILES string of the molecule is C=CCc1cccc(C2C3=CCC4C(=O)N(c5ccc(C(=O)c6ccccc6)cc5)C(=O)C4C3CC3C(=O)N(c4ccc(C(=O)c5ccccc5)cc4)C(=O)C32)c1O. The van der Waals surface area contributed by atoms with E-state index in [0.717, 1.165) is 5.57 Å². The van der Waals surface area contributed by atoms with E-state index in [-0.39, 0.29) is 36.1 Å². The summed E-state index contributed by atoms with van der Waals surface area (Å²) in [5.41, 5.74) is 4.37. The molecule has 4 aliphatic rings. The molecular weight excluding hydrogens is 729 g/mol. The number of aromatic hydroxyl groups is 1. The third kappa shape index (κ3) is 5.84. The number of allylic oxidation sites excluding steroid dienone is 3. The quantitative estimate of drug-likeness (QED) is 0.0929. The highest BCUT2D eigenvalue weighted by Gasteiger charge is 2.62. The van der Waals surface area contributed by atoms with Gasteiger partial charge in [0.05, 0.1) is 35.0 Å². The summed E-state index contributed by atoms with van der Waals surface area (Å²) in [6, 6.07) is 35.8. The van der Waals surface area contributed by atoms with Crippen molar-refractivity contribution in [2.45, 2.75) is 25.2 Å². The van der Waals surface area contributed by atoms with Crippen LogP contribution in [0.25, 0.3) is 0 Å². The van der Waals surface area contributed by atoms with Crippen LogP contribution in [0.15, 0.2) is 152 Å². The number of hydrogen-bond donors (Lipinski definition) is 1. The molecule has 9 heteroatoms. The Kier molecular flexibility index (Phi) is 9.15. The summed E-state index contributed by atoms with van der Waals surface area (Å²) in [6.45, 7) is 3.83. The van der Waals surface area contributed by atoms with Crippen LogP contribution in [0.1, 0.15) is 61.7 Å². The number of amides is 4. The Morgan fingerprint density at radius 3 is 1.62 bits per heavy atom. The molecule has 0 radical (unpaired) electrons. The first-order chi connectivity index (χ1) is 28.2. The van der Waals surface area contributed by atoms with Crippen LogP contribution in [0, 0.1) is 29.6 Å². The van der Waals surface area contributed by atoms with E-state index in [1.807, 2.05) is 18.2 Å². The van der Waals surface area contributed by atoms with Gasteiger partial charge in [-0.15, -0.1) is 6.58 Å². The zero-order valence-corrected chi connectivity index (χ0v) is 31.4. The number of phenols is 1. The van der Waals surface area contributed by atoms with Crippen molar-refractivity contribution < 1.29 is 33.9 Å². The van der Waals surface area contributed by atoms with E-state index in [1.165, 1.54) is 9.80 Å². The number of imide groups is 2. The summed E-state index contributed by atoms with van der Waals surface area (Å²) >= 11 is 0. The van der Waals surface area contributed by atoms with Gasteiger partial charge < -0.3 is 5.11 Å². The van der Waals surface area contributed by atoms with E-state index in [2.05, 4.69) is 6.58 Å². The van der Waals surface area contributed by atoms with E-state index in [0.29, 0.717) is 51.2 Å². The molecule has 2 aliphatic carbocycles. The molecule has 4 amide bonds. The molecule has 5 aromatic rings. The van der Waals surface area contributed by atoms with Crippen LogP contribution in [-0.2, 0) is 25.6 Å². The summed E-state index contributed by atoms with van der Waals surface area (Å²) in [7, 11) is 0. The summed E-state index contributed by atoms with van der Waals surface area (Å²) in [5, 5.41) is 11.7. The van der Waals surface area contributed by atoms with E-state index >= 15 is 0 Å². The smallest absolute Gasteiger partial charge is 0.238 e. The number of rotatable bonds is 9. The van der Waals surface area contributed by atoms with Crippen LogP contribution < -0.4 is 9.80 Å². The van der Waals surface area contributed by atoms with E-state index in [9.17, 15) is 33.9 Å². The van der Waals surface area contributed by atoms with Crippen molar-refractivity contribution in [3.05, 3.63) is 185 Å². The maximum absolute atomic E-state index is 14.7. The highest BCUT2D eigenvalue weighted by molar-refractivity contribution is 6.24. The number of ketones is 2. The fourth-order valence-corrected chi connectivity index (χ4v) is 9.66. The molecule has 9 rings (SSSR count). The molecule has 0 bridgehead atoms. The highest BCUT2D eigenvalue weighted by Crippen LogP contribution is 2.59. The monoisotopic (exact) mass is 766 g/mol. The molecule has 6 unspecified atom stereocenters. The van der Waals surface area contributed by atoms with Crippen LogP contribution in [-0.4, -0.2) is 40.3 Å². The molecular formula is C49H38N2O7. The standard InChI is InChI=1S/C49H38N2O7/c1-2-10-28-15-9-16-36(45(28)54)40-35-25-26-37-41(48(57)50(46(37)55)33-21-17-31(18-22-33)43(52)29-11-5-3-6-12-29)38(35)27-39-42(40)49(58)51(47(39)56)34-23-19-32(20-24-34)44(53)30-13-7-4-8-14-30/h2-9,11-25,37-42,54H,1,10,26-27H2. The molecule has 6 atom stereocenters. The van der Waals surface area contributed by atoms with Crippen LogP contribution in [0.5, 0.6) is 5.75 Å². The second-order valence-corrected chi connectivity index (χ2v) is 15.4. The van der Waals surface area contributed by atoms with Gasteiger partial charge in [0.2, 0.25) is 23.6 Å². The summed E-state index contributed by atoms with van der Waals surface area (Å²) < 4.78 is 0. The zero-order chi connectivity index (χ0) is 40.2. The van der Waals surface area contributed by atoms with Crippen LogP contribution >= 0.6 is 0 Å². The third-order valence-electron chi connectivity index (χ3n) is 12.3. The maximum atomic E-state index is 14.7. The molecule has 3 fully saturated rings. The first kappa shape index (κ1) is 36.6. The normalized spacial score (nSPS) is 23.6. The van der Waals surface area contributed by atoms with Crippen molar-refractivity contribution in [2.24, 2.45) is 29.6 Å². The Hall–Kier alpha value is -7.00. The molecule has 0 aromatic heterocycles. The lowest BCUT2D eigenvalue weighted by Gasteiger charge is -2.44. The highest BCUT2D eigenvalue weighted by atomic mass is 16.3. The van der Waals surface area contributed by atoms with Crippen LogP contribution in [0.4, 0.5) is 11.4 Å². The maximum Gasteiger partial charge on any atom is 0.238 e. The molecule has 2 heterocycles. The summed E-state index contributed by atoms with van der Waals surface area (Å²) in [5.74, 6) is -6.57. The van der Waals surface area contributed by atoms with Crippen LogP contribution in [0.3, 0.4) is 0 Å². The minimum atomic E-state index is -0.889. The average molecular weight is 767 g/mol. The number of phenolic OH excluding ortho intramolecular Hbond substituents is 1. The van der Waals surface area contributed by atoms with Crippen LogP contribution in [0.2, 0.25) is 0 Å². The number of anilines is 2. The van der Waals surface area contributed by atoms with E-state index < -0.39 is 53.2 Å². The lowest BCUT2D eigenvalue weighted by molar-refractivity contribution is -0.126. The van der Waals surface area contributed by atoms with E-state index in [1.54, 1.807) is 121 Å². The minimum absolute atomic E-state index is 0.00195. The van der Waals surface area contributed by atoms with Gasteiger partial charge in [0.15, 0.2) is 11.6 Å². The van der Waals surface area contributed by atoms with E-state index in [4.69, 9.17) is 0 Å². The van der Waals surface area contributed by atoms with Crippen molar-refractivity contribution in [1.29, 1.82) is 0 Å². The van der Waals surface area contributed by atoms with Gasteiger partial charge in [0.1, 0.15) is 5.75 Å². The van der Waals surface area contributed by atoms with Gasteiger partial charge in [-0.05, 0) is 79.3 Å². The van der Waals surface area contributed by atoms with Crippen molar-refractivity contribution in [2.75, 3.05) is 9.80 Å². The molecule has 1 saturated carbocycles. The molecule has 58 heavy (non-hydrogen) atoms. The second-order valence-electron chi connectivity index (χ2n) is 15.4. The van der Waals surface area contributed by atoms with Gasteiger partial charge in [-0.2, -0.15) is 0 Å². The Balaban J connectivity index is 1.07. The fourth-order valence-electron chi connectivity index (χ4n) is 9.66. The number of carbonyl (C=O) groups is 6. The van der Waals surface area contributed by atoms with Crippen molar-refractivity contribution >= 4 is 46.6 Å². The average Bonchev–Trinajstić information content (AvgIpc) is 3.67. The summed E-state index contributed by atoms with van der Waals surface area (Å²) in [4.78, 5) is 86.6. The predicted octanol–water partition coefficient (Wildman–Crippen LogP) is 7.63. The molecule has 1 N–H and O–H groups in total. The number of fused-ring (bicyclic) bond motifs is 4. The first-order valence-electron chi connectivity index (χ1n) is 19.4. The number of hydrogen-bond acceptors (Lipinski definition) is 7. The molecule has 5 aromatic carbocycles. The van der Waals surface area contributed by atoms with Crippen molar-refractivity contribution in [3.63, 3.8) is 0 Å². The Morgan fingerprint density at radius 1 is 0.586 bits per heavy atom. The Labute approximate surface area is 334 Å². The molecule has 2 aliphatic heterocycles. The lowest BCUT2D eigenvalue weighted by atomic mass is 9.57. The van der Waals surface area contributed by atoms with Gasteiger partial charge in [0, 0.05) is 33.7 Å². The number of carbonyl (C=O) groups excluding carboxylic acids is 6. The lowest BCUT2D eigenvalue weighted by Crippen LogP contribution is -2.43. The largest absolute Gasteiger partial charge is 0.507 e. The second kappa shape index (κ2) is 14.5. The summed E-state index contributed by atoms with van der Waals surface area (Å²) in [6.07, 6.45) is 4.39. The topological polar surface area (TPSA) is 129 Å². The predicted molar refractivity (Wildman–Crippen MR) is 217 cm³/mol. The Morgan fingerprint density at radius 2 is 1.09 bits per heavy atom. The minimum Gasteiger partial charge on any atom is -0.507 e. The van der Waals surface area contributed by atoms with Gasteiger partial charge >= 0.3 is 0 Å². The van der Waals surface area contributed by atoms with Gasteiger partial charge in [-0.3, -0.25) is 38.6 Å². The Bertz CT molecular complexity index is 2560. The molecule has 2 saturated heterocycles. The van der Waals surface area contributed by atoms with Crippen molar-refractivity contribution in [1.82, 2.24) is 0 Å². The molecule has 9 nitrogen and oxygen atoms in total. The zero-order valence-electron chi connectivity index (χ0n) is 31.4. The first-order valence-corrected chi connectivity index (χ1v) is 19.4. The molecule has 0 spiro atoms. The third-order valence-corrected chi connectivity index (χ3v) is 12.3. The van der Waals surface area contributed by atoms with Gasteiger partial charge in [-0.25, -0.2) is 0 Å².